The number of nitrogens with zero attached hydrogens (tertiary/aromatic N) is 2. The van der Waals surface area contributed by atoms with E-state index in [9.17, 15) is 22.8 Å². The molecule has 0 N–H and O–H groups in total. The lowest BCUT2D eigenvalue weighted by Crippen LogP contribution is -2.41. The van der Waals surface area contributed by atoms with Crippen molar-refractivity contribution in [2.24, 2.45) is 5.92 Å². The zero-order valence-corrected chi connectivity index (χ0v) is 16.2. The molecular formula is C20H20F3N2O4. The van der Waals surface area contributed by atoms with Gasteiger partial charge < -0.3 is 14.5 Å². The van der Waals surface area contributed by atoms with Crippen LogP contribution in [0.5, 0.6) is 11.5 Å². The fourth-order valence-electron chi connectivity index (χ4n) is 3.29. The first kappa shape index (κ1) is 20.8. The van der Waals surface area contributed by atoms with Gasteiger partial charge in [0.2, 0.25) is 6.29 Å². The number of pyridine rings is 1. The molecule has 1 aliphatic rings. The van der Waals surface area contributed by atoms with Crippen molar-refractivity contribution in [1.29, 1.82) is 0 Å². The van der Waals surface area contributed by atoms with E-state index in [1.165, 1.54) is 25.4 Å². The number of carbonyl (C=O) groups excluding carboxylic acids is 1. The van der Waals surface area contributed by atoms with Crippen LogP contribution in [0.25, 0.3) is 11.3 Å². The minimum absolute atomic E-state index is 0.0262. The summed E-state index contributed by atoms with van der Waals surface area (Å²) in [6, 6.07) is 4.37. The van der Waals surface area contributed by atoms with E-state index in [1.807, 2.05) is 18.9 Å². The SMILES string of the molecule is COc1cc2c(cc1OCC(F)(F)F)CN(CC(C)C)n1cc([C]=O)c(=O)cc1-2. The van der Waals surface area contributed by atoms with Crippen molar-refractivity contribution in [1.82, 2.24) is 4.68 Å². The van der Waals surface area contributed by atoms with Gasteiger partial charge in [0.15, 0.2) is 23.5 Å². The Morgan fingerprint density at radius 1 is 1.21 bits per heavy atom. The normalized spacial score (nSPS) is 13.1. The number of benzene rings is 1. The molecule has 0 saturated heterocycles. The fourth-order valence-corrected chi connectivity index (χ4v) is 3.29. The molecule has 155 valence electrons. The van der Waals surface area contributed by atoms with Crippen LogP contribution in [0.3, 0.4) is 0 Å². The second kappa shape index (κ2) is 7.81. The van der Waals surface area contributed by atoms with Gasteiger partial charge >= 0.3 is 6.18 Å². The van der Waals surface area contributed by atoms with Crippen molar-refractivity contribution in [2.45, 2.75) is 26.6 Å². The van der Waals surface area contributed by atoms with E-state index in [4.69, 9.17) is 9.47 Å². The van der Waals surface area contributed by atoms with Gasteiger partial charge in [0.05, 0.1) is 24.9 Å². The Morgan fingerprint density at radius 3 is 2.52 bits per heavy atom. The monoisotopic (exact) mass is 409 g/mol. The molecule has 0 fully saturated rings. The highest BCUT2D eigenvalue weighted by molar-refractivity contribution is 5.77. The van der Waals surface area contributed by atoms with Crippen LogP contribution in [-0.2, 0) is 11.3 Å². The maximum Gasteiger partial charge on any atom is 0.422 e. The van der Waals surface area contributed by atoms with Crippen molar-refractivity contribution >= 4 is 6.29 Å². The molecule has 0 amide bonds. The third kappa shape index (κ3) is 4.38. The lowest BCUT2D eigenvalue weighted by molar-refractivity contribution is -0.153. The summed E-state index contributed by atoms with van der Waals surface area (Å²) >= 11 is 0. The summed E-state index contributed by atoms with van der Waals surface area (Å²) in [5, 5.41) is 1.91. The maximum atomic E-state index is 12.6. The number of methoxy groups -OCH3 is 1. The minimum Gasteiger partial charge on any atom is -0.493 e. The summed E-state index contributed by atoms with van der Waals surface area (Å²) in [6.45, 7) is 3.53. The summed E-state index contributed by atoms with van der Waals surface area (Å²) in [6.07, 6.45) is -1.41. The van der Waals surface area contributed by atoms with Crippen molar-refractivity contribution in [3.05, 3.63) is 45.7 Å². The highest BCUT2D eigenvalue weighted by atomic mass is 19.4. The van der Waals surface area contributed by atoms with Crippen LogP contribution >= 0.6 is 0 Å². The fraction of sp³-hybridized carbons (Fsp3) is 0.400. The second-order valence-corrected chi connectivity index (χ2v) is 7.19. The number of ether oxygens (including phenoxy) is 2. The quantitative estimate of drug-likeness (QED) is 0.734. The number of alkyl halides is 3. The zero-order chi connectivity index (χ0) is 21.3. The highest BCUT2D eigenvalue weighted by Gasteiger charge is 2.30. The smallest absolute Gasteiger partial charge is 0.422 e. The molecular weight excluding hydrogens is 389 g/mol. The van der Waals surface area contributed by atoms with Gasteiger partial charge in [-0.1, -0.05) is 13.8 Å². The van der Waals surface area contributed by atoms with Crippen LogP contribution in [0, 0.1) is 5.92 Å². The number of rotatable bonds is 6. The van der Waals surface area contributed by atoms with E-state index >= 15 is 0 Å². The van der Waals surface area contributed by atoms with E-state index in [2.05, 4.69) is 0 Å². The summed E-state index contributed by atoms with van der Waals surface area (Å²) in [5.41, 5.74) is 1.24. The Labute approximate surface area is 165 Å². The Morgan fingerprint density at radius 2 is 1.93 bits per heavy atom. The van der Waals surface area contributed by atoms with E-state index in [0.29, 0.717) is 29.9 Å². The average Bonchev–Trinajstić information content (AvgIpc) is 2.64. The summed E-state index contributed by atoms with van der Waals surface area (Å²) in [7, 11) is 1.33. The Hall–Kier alpha value is -2.97. The van der Waals surface area contributed by atoms with Gasteiger partial charge in [-0.25, -0.2) is 0 Å². The highest BCUT2D eigenvalue weighted by Crippen LogP contribution is 2.39. The Bertz CT molecular complexity index is 983. The minimum atomic E-state index is -4.48. The molecule has 3 rings (SSSR count). The molecule has 1 radical (unpaired) electrons. The van der Waals surface area contributed by atoms with Gasteiger partial charge in [0, 0.05) is 24.4 Å². The Kier molecular flexibility index (Phi) is 5.59. The maximum absolute atomic E-state index is 12.6. The first-order valence-corrected chi connectivity index (χ1v) is 8.94. The molecule has 1 aromatic carbocycles. The van der Waals surface area contributed by atoms with Gasteiger partial charge in [-0.3, -0.25) is 14.3 Å². The van der Waals surface area contributed by atoms with Crippen molar-refractivity contribution < 1.29 is 27.4 Å². The third-order valence-electron chi connectivity index (χ3n) is 4.43. The summed E-state index contributed by atoms with van der Waals surface area (Å²) in [5.74, 6) is 0.351. The van der Waals surface area contributed by atoms with Crippen LogP contribution in [0.15, 0.2) is 29.2 Å². The predicted molar refractivity (Wildman–Crippen MR) is 101 cm³/mol. The molecule has 29 heavy (non-hydrogen) atoms. The summed E-state index contributed by atoms with van der Waals surface area (Å²) in [4.78, 5) is 23.3. The van der Waals surface area contributed by atoms with Crippen LogP contribution in [0.1, 0.15) is 25.0 Å². The molecule has 1 aromatic heterocycles. The largest absolute Gasteiger partial charge is 0.493 e. The van der Waals surface area contributed by atoms with E-state index < -0.39 is 18.2 Å². The standard InChI is InChI=1S/C20H20F3N2O4/c1-12(2)7-24-8-13-4-19(29-11-20(21,22)23)18(28-3)5-15(13)16-6-17(27)14(10-26)9-25(16)24/h4-6,9,12H,7-8,11H2,1-3H3. The van der Waals surface area contributed by atoms with Crippen molar-refractivity contribution in [2.75, 3.05) is 25.3 Å². The molecule has 0 bridgehead atoms. The van der Waals surface area contributed by atoms with Crippen molar-refractivity contribution in [3.8, 4) is 22.8 Å². The first-order chi connectivity index (χ1) is 13.6. The van der Waals surface area contributed by atoms with Crippen LogP contribution in [0.2, 0.25) is 0 Å². The van der Waals surface area contributed by atoms with Gasteiger partial charge in [0.1, 0.15) is 0 Å². The number of hydrogen-bond acceptors (Lipinski definition) is 5. The summed E-state index contributed by atoms with van der Waals surface area (Å²) < 4.78 is 49.6. The van der Waals surface area contributed by atoms with Gasteiger partial charge in [-0.15, -0.1) is 0 Å². The number of aromatic nitrogens is 1. The zero-order valence-electron chi connectivity index (χ0n) is 16.2. The van der Waals surface area contributed by atoms with Crippen LogP contribution in [-0.4, -0.2) is 37.4 Å². The molecule has 0 unspecified atom stereocenters. The molecule has 6 nitrogen and oxygen atoms in total. The lowest BCUT2D eigenvalue weighted by atomic mass is 9.99. The number of hydrogen-bond donors (Lipinski definition) is 0. The predicted octanol–water partition coefficient (Wildman–Crippen LogP) is 3.03. The molecule has 1 aliphatic heterocycles. The van der Waals surface area contributed by atoms with E-state index in [1.54, 1.807) is 17.0 Å². The van der Waals surface area contributed by atoms with Gasteiger partial charge in [-0.2, -0.15) is 13.2 Å². The number of fused-ring (bicyclic) bond motifs is 3. The third-order valence-corrected chi connectivity index (χ3v) is 4.43. The van der Waals surface area contributed by atoms with E-state index in [-0.39, 0.29) is 23.0 Å². The van der Waals surface area contributed by atoms with Crippen LogP contribution in [0.4, 0.5) is 13.2 Å². The lowest BCUT2D eigenvalue weighted by Gasteiger charge is -2.36. The van der Waals surface area contributed by atoms with Gasteiger partial charge in [-0.05, 0) is 23.6 Å². The Balaban J connectivity index is 2.14. The van der Waals surface area contributed by atoms with Crippen molar-refractivity contribution in [3.63, 3.8) is 0 Å². The topological polar surface area (TPSA) is 60.8 Å². The van der Waals surface area contributed by atoms with Gasteiger partial charge in [0.25, 0.3) is 0 Å². The molecule has 2 heterocycles. The van der Waals surface area contributed by atoms with Crippen LogP contribution < -0.4 is 19.9 Å². The molecule has 0 spiro atoms. The molecule has 9 heteroatoms. The molecule has 0 aliphatic carbocycles. The molecule has 2 aromatic rings. The first-order valence-electron chi connectivity index (χ1n) is 8.94. The van der Waals surface area contributed by atoms with E-state index in [0.717, 1.165) is 0 Å². The second-order valence-electron chi connectivity index (χ2n) is 7.19. The average molecular weight is 409 g/mol. The number of halogens is 3. The molecule has 0 atom stereocenters. The molecule has 0 saturated carbocycles.